The number of aromatic nitrogens is 3. The third-order valence-corrected chi connectivity index (χ3v) is 6.35. The SMILES string of the molecule is COc1cccc(-c2cn3c(-c4ccccc4)c(-c4ccccc4)nc3n2-c2cccc(Cl)c2)c1. The fraction of sp³-hybridized carbons (Fsp3) is 0.0333. The summed E-state index contributed by atoms with van der Waals surface area (Å²) in [5.74, 6) is 1.61. The maximum Gasteiger partial charge on any atom is 0.220 e. The van der Waals surface area contributed by atoms with Crippen LogP contribution in [0.15, 0.2) is 115 Å². The van der Waals surface area contributed by atoms with Crippen LogP contribution in [0.5, 0.6) is 5.75 Å². The van der Waals surface area contributed by atoms with Gasteiger partial charge in [0, 0.05) is 27.9 Å². The van der Waals surface area contributed by atoms with Crippen molar-refractivity contribution in [2.75, 3.05) is 7.11 Å². The molecule has 35 heavy (non-hydrogen) atoms. The normalized spacial score (nSPS) is 11.1. The Balaban J connectivity index is 1.72. The van der Waals surface area contributed by atoms with Crippen LogP contribution in [-0.2, 0) is 0 Å². The van der Waals surface area contributed by atoms with Crippen molar-refractivity contribution >= 4 is 17.4 Å². The number of benzene rings is 4. The van der Waals surface area contributed by atoms with Crippen LogP contribution in [0.2, 0.25) is 5.02 Å². The van der Waals surface area contributed by atoms with Crippen molar-refractivity contribution in [2.45, 2.75) is 0 Å². The summed E-state index contributed by atoms with van der Waals surface area (Å²) in [4.78, 5) is 5.21. The van der Waals surface area contributed by atoms with Crippen LogP contribution in [-0.4, -0.2) is 21.1 Å². The molecule has 5 heteroatoms. The Labute approximate surface area is 208 Å². The summed E-state index contributed by atoms with van der Waals surface area (Å²) in [6, 6.07) is 36.6. The second-order valence-electron chi connectivity index (χ2n) is 8.27. The monoisotopic (exact) mass is 475 g/mol. The summed E-state index contributed by atoms with van der Waals surface area (Å²) in [5.41, 5.74) is 7.08. The Morgan fingerprint density at radius 2 is 1.40 bits per heavy atom. The molecule has 6 aromatic rings. The zero-order valence-corrected chi connectivity index (χ0v) is 19.9. The van der Waals surface area contributed by atoms with Crippen molar-refractivity contribution in [1.29, 1.82) is 0 Å². The van der Waals surface area contributed by atoms with Crippen LogP contribution in [0.3, 0.4) is 0 Å². The lowest BCUT2D eigenvalue weighted by Gasteiger charge is -2.10. The Bertz CT molecular complexity index is 1640. The van der Waals surface area contributed by atoms with Gasteiger partial charge in [0.2, 0.25) is 5.78 Å². The summed E-state index contributed by atoms with van der Waals surface area (Å²) >= 11 is 6.43. The lowest BCUT2D eigenvalue weighted by Crippen LogP contribution is -1.98. The highest BCUT2D eigenvalue weighted by molar-refractivity contribution is 6.30. The van der Waals surface area contributed by atoms with Gasteiger partial charge in [-0.2, -0.15) is 0 Å². The first kappa shape index (κ1) is 21.3. The van der Waals surface area contributed by atoms with Gasteiger partial charge in [-0.15, -0.1) is 0 Å². The van der Waals surface area contributed by atoms with E-state index in [-0.39, 0.29) is 0 Å². The predicted octanol–water partition coefficient (Wildman–Crippen LogP) is 7.79. The largest absolute Gasteiger partial charge is 0.497 e. The van der Waals surface area contributed by atoms with E-state index >= 15 is 0 Å². The Kier molecular flexibility index (Phi) is 5.36. The Hall–Kier alpha value is -4.28. The standard InChI is InChI=1S/C30H22ClN3O/c1-35-26-17-8-14-23(18-26)27-20-33-29(22-12-6-3-7-13-22)28(21-10-4-2-5-11-21)32-30(33)34(27)25-16-9-15-24(31)19-25/h2-20H,1H3. The zero-order chi connectivity index (χ0) is 23.8. The van der Waals surface area contributed by atoms with Crippen molar-refractivity contribution in [3.05, 3.63) is 120 Å². The van der Waals surface area contributed by atoms with Gasteiger partial charge in [-0.1, -0.05) is 90.5 Å². The number of methoxy groups -OCH3 is 1. The van der Waals surface area contributed by atoms with Crippen molar-refractivity contribution < 1.29 is 4.74 Å². The number of hydrogen-bond donors (Lipinski definition) is 0. The topological polar surface area (TPSA) is 31.5 Å². The fourth-order valence-electron chi connectivity index (χ4n) is 4.51. The van der Waals surface area contributed by atoms with Crippen LogP contribution in [0, 0.1) is 0 Å². The fourth-order valence-corrected chi connectivity index (χ4v) is 4.70. The Morgan fingerprint density at radius 3 is 2.11 bits per heavy atom. The number of ether oxygens (including phenoxy) is 1. The van der Waals surface area contributed by atoms with Gasteiger partial charge in [-0.3, -0.25) is 8.97 Å². The molecule has 0 atom stereocenters. The van der Waals surface area contributed by atoms with Gasteiger partial charge in [0.25, 0.3) is 0 Å². The maximum absolute atomic E-state index is 6.43. The van der Waals surface area contributed by atoms with E-state index in [1.54, 1.807) is 7.11 Å². The minimum absolute atomic E-state index is 0.670. The lowest BCUT2D eigenvalue weighted by atomic mass is 10.0. The second-order valence-corrected chi connectivity index (χ2v) is 8.71. The molecule has 4 nitrogen and oxygen atoms in total. The van der Waals surface area contributed by atoms with Crippen LogP contribution < -0.4 is 4.74 Å². The quantitative estimate of drug-likeness (QED) is 0.255. The highest BCUT2D eigenvalue weighted by Gasteiger charge is 2.22. The van der Waals surface area contributed by atoms with E-state index in [1.165, 1.54) is 0 Å². The molecule has 4 aromatic carbocycles. The van der Waals surface area contributed by atoms with Gasteiger partial charge in [0.1, 0.15) is 5.75 Å². The van der Waals surface area contributed by atoms with Crippen molar-refractivity contribution in [2.24, 2.45) is 0 Å². The van der Waals surface area contributed by atoms with E-state index in [0.29, 0.717) is 5.02 Å². The highest BCUT2D eigenvalue weighted by atomic mass is 35.5. The minimum atomic E-state index is 0.670. The molecule has 0 aliphatic heterocycles. The maximum atomic E-state index is 6.43. The molecule has 170 valence electrons. The summed E-state index contributed by atoms with van der Waals surface area (Å²) < 4.78 is 9.84. The van der Waals surface area contributed by atoms with Crippen LogP contribution in [0.4, 0.5) is 0 Å². The number of nitrogens with zero attached hydrogens (tertiary/aromatic N) is 3. The summed E-state index contributed by atoms with van der Waals surface area (Å²) in [7, 11) is 1.68. The molecule has 0 fully saturated rings. The third kappa shape index (κ3) is 3.78. The van der Waals surface area contributed by atoms with Gasteiger partial charge < -0.3 is 4.74 Å². The van der Waals surface area contributed by atoms with Gasteiger partial charge >= 0.3 is 0 Å². The smallest absolute Gasteiger partial charge is 0.220 e. The van der Waals surface area contributed by atoms with Gasteiger partial charge in [-0.25, -0.2) is 4.98 Å². The minimum Gasteiger partial charge on any atom is -0.497 e. The molecule has 2 heterocycles. The highest BCUT2D eigenvalue weighted by Crippen LogP contribution is 2.37. The average Bonchev–Trinajstić information content (AvgIpc) is 3.46. The molecule has 0 saturated carbocycles. The van der Waals surface area contributed by atoms with Crippen molar-refractivity contribution in [3.8, 4) is 45.2 Å². The van der Waals surface area contributed by atoms with E-state index in [0.717, 1.165) is 51.0 Å². The molecule has 0 radical (unpaired) electrons. The van der Waals surface area contributed by atoms with Crippen molar-refractivity contribution in [3.63, 3.8) is 0 Å². The summed E-state index contributed by atoms with van der Waals surface area (Å²) in [6.07, 6.45) is 2.15. The predicted molar refractivity (Wildman–Crippen MR) is 142 cm³/mol. The number of rotatable bonds is 5. The molecule has 0 saturated heterocycles. The third-order valence-electron chi connectivity index (χ3n) is 6.11. The van der Waals surface area contributed by atoms with Crippen LogP contribution in [0.25, 0.3) is 45.2 Å². The summed E-state index contributed by atoms with van der Waals surface area (Å²) in [6.45, 7) is 0. The zero-order valence-electron chi connectivity index (χ0n) is 19.1. The number of imidazole rings is 2. The van der Waals surface area contributed by atoms with Crippen LogP contribution in [0.1, 0.15) is 0 Å². The lowest BCUT2D eigenvalue weighted by molar-refractivity contribution is 0.415. The molecule has 0 amide bonds. The first-order valence-corrected chi connectivity index (χ1v) is 11.8. The molecular formula is C30H22ClN3O. The molecule has 0 aliphatic carbocycles. The van der Waals surface area contributed by atoms with E-state index in [9.17, 15) is 0 Å². The second kappa shape index (κ2) is 8.82. The molecule has 0 N–H and O–H groups in total. The van der Waals surface area contributed by atoms with Gasteiger partial charge in [0.15, 0.2) is 0 Å². The molecule has 0 unspecified atom stereocenters. The molecule has 0 bridgehead atoms. The van der Waals surface area contributed by atoms with Crippen molar-refractivity contribution in [1.82, 2.24) is 14.0 Å². The van der Waals surface area contributed by atoms with Crippen LogP contribution >= 0.6 is 11.6 Å². The first-order valence-electron chi connectivity index (χ1n) is 11.4. The first-order chi connectivity index (χ1) is 17.2. The van der Waals surface area contributed by atoms with E-state index in [1.807, 2.05) is 60.7 Å². The number of fused-ring (bicyclic) bond motifs is 1. The summed E-state index contributed by atoms with van der Waals surface area (Å²) in [5, 5.41) is 0.670. The number of halogens is 1. The van der Waals surface area contributed by atoms with E-state index in [4.69, 9.17) is 21.3 Å². The molecular weight excluding hydrogens is 454 g/mol. The van der Waals surface area contributed by atoms with Gasteiger partial charge in [-0.05, 0) is 30.3 Å². The average molecular weight is 476 g/mol. The van der Waals surface area contributed by atoms with E-state index in [2.05, 4.69) is 63.7 Å². The number of hydrogen-bond acceptors (Lipinski definition) is 2. The van der Waals surface area contributed by atoms with Gasteiger partial charge in [0.05, 0.1) is 29.9 Å². The van der Waals surface area contributed by atoms with E-state index < -0.39 is 0 Å². The molecule has 0 aliphatic rings. The molecule has 0 spiro atoms. The molecule has 6 rings (SSSR count). The Morgan fingerprint density at radius 1 is 0.714 bits per heavy atom. The molecule has 2 aromatic heterocycles.